The van der Waals surface area contributed by atoms with E-state index in [-0.39, 0.29) is 17.3 Å². The average molecular weight is 299 g/mol. The highest BCUT2D eigenvalue weighted by molar-refractivity contribution is 7.91. The van der Waals surface area contributed by atoms with Gasteiger partial charge >= 0.3 is 10.4 Å². The SMILES string of the molecule is Nc1cccc(S(=O)(=O)CCO)c1.O=S(=O)(O)O. The van der Waals surface area contributed by atoms with E-state index in [1.165, 1.54) is 12.1 Å². The number of benzene rings is 1. The van der Waals surface area contributed by atoms with Crippen molar-refractivity contribution >= 4 is 25.9 Å². The van der Waals surface area contributed by atoms with Gasteiger partial charge in [0.1, 0.15) is 0 Å². The van der Waals surface area contributed by atoms with Crippen LogP contribution in [0, 0.1) is 0 Å². The van der Waals surface area contributed by atoms with Crippen LogP contribution in [-0.4, -0.2) is 43.4 Å². The highest BCUT2D eigenvalue weighted by atomic mass is 32.3. The molecule has 0 fully saturated rings. The molecular weight excluding hydrogens is 286 g/mol. The number of nitrogen functional groups attached to an aromatic ring is 1. The zero-order valence-electron chi connectivity index (χ0n) is 9.09. The second-order valence-corrected chi connectivity index (χ2v) is 6.07. The third kappa shape index (κ3) is 7.97. The Hall–Kier alpha value is -1.20. The van der Waals surface area contributed by atoms with Crippen molar-refractivity contribution in [1.29, 1.82) is 0 Å². The minimum Gasteiger partial charge on any atom is -0.399 e. The van der Waals surface area contributed by atoms with Gasteiger partial charge in [-0.05, 0) is 18.2 Å². The molecule has 0 heterocycles. The van der Waals surface area contributed by atoms with E-state index in [9.17, 15) is 8.42 Å². The molecule has 0 saturated heterocycles. The standard InChI is InChI=1S/C8H11NO3S.H2O4S/c9-7-2-1-3-8(6-7)13(11,12)5-4-10;1-5(2,3)4/h1-3,6,10H,4-5,9H2;(H2,1,2,3,4). The van der Waals surface area contributed by atoms with Gasteiger partial charge in [-0.1, -0.05) is 6.07 Å². The number of hydrogen-bond donors (Lipinski definition) is 4. The van der Waals surface area contributed by atoms with E-state index in [0.29, 0.717) is 5.69 Å². The molecule has 0 bridgehead atoms. The summed E-state index contributed by atoms with van der Waals surface area (Å²) in [5.74, 6) is -0.267. The molecule has 1 aromatic carbocycles. The Balaban J connectivity index is 0.000000494. The monoisotopic (exact) mass is 299 g/mol. The van der Waals surface area contributed by atoms with E-state index in [4.69, 9.17) is 28.4 Å². The van der Waals surface area contributed by atoms with Crippen LogP contribution in [0.3, 0.4) is 0 Å². The van der Waals surface area contributed by atoms with Gasteiger partial charge in [0.2, 0.25) is 0 Å². The molecule has 0 amide bonds. The fourth-order valence-electron chi connectivity index (χ4n) is 0.946. The maximum Gasteiger partial charge on any atom is 0.394 e. The predicted octanol–water partition coefficient (Wildman–Crippen LogP) is -0.618. The first-order valence-corrected chi connectivity index (χ1v) is 7.50. The predicted molar refractivity (Wildman–Crippen MR) is 64.2 cm³/mol. The van der Waals surface area contributed by atoms with Crippen LogP contribution in [0.4, 0.5) is 5.69 Å². The molecule has 8 nitrogen and oxygen atoms in total. The topological polar surface area (TPSA) is 155 Å². The zero-order chi connectivity index (χ0) is 14.4. The number of nitrogens with two attached hydrogens (primary N) is 1. The summed E-state index contributed by atoms with van der Waals surface area (Å²) in [5.41, 5.74) is 5.83. The van der Waals surface area contributed by atoms with Crippen molar-refractivity contribution in [3.05, 3.63) is 24.3 Å². The van der Waals surface area contributed by atoms with E-state index in [2.05, 4.69) is 0 Å². The smallest absolute Gasteiger partial charge is 0.394 e. The molecule has 0 aliphatic carbocycles. The van der Waals surface area contributed by atoms with Gasteiger partial charge in [-0.3, -0.25) is 9.11 Å². The van der Waals surface area contributed by atoms with Crippen LogP contribution in [0.2, 0.25) is 0 Å². The molecule has 0 aliphatic rings. The van der Waals surface area contributed by atoms with Crippen LogP contribution in [0.5, 0.6) is 0 Å². The Labute approximate surface area is 105 Å². The summed E-state index contributed by atoms with van der Waals surface area (Å²) in [6.45, 7) is -0.378. The van der Waals surface area contributed by atoms with Crippen molar-refractivity contribution in [2.24, 2.45) is 0 Å². The highest BCUT2D eigenvalue weighted by Crippen LogP contribution is 2.13. The van der Waals surface area contributed by atoms with Gasteiger partial charge in [-0.25, -0.2) is 8.42 Å². The van der Waals surface area contributed by atoms with Gasteiger partial charge in [-0.15, -0.1) is 0 Å². The van der Waals surface area contributed by atoms with E-state index >= 15 is 0 Å². The fraction of sp³-hybridized carbons (Fsp3) is 0.250. The van der Waals surface area contributed by atoms with Crippen molar-refractivity contribution in [1.82, 2.24) is 0 Å². The van der Waals surface area contributed by atoms with Crippen molar-refractivity contribution in [3.63, 3.8) is 0 Å². The molecule has 104 valence electrons. The second kappa shape index (κ2) is 6.66. The maximum absolute atomic E-state index is 11.4. The van der Waals surface area contributed by atoms with Gasteiger partial charge < -0.3 is 10.8 Å². The number of rotatable bonds is 3. The van der Waals surface area contributed by atoms with Crippen LogP contribution in [-0.2, 0) is 20.2 Å². The Morgan fingerprint density at radius 2 is 1.61 bits per heavy atom. The van der Waals surface area contributed by atoms with Crippen LogP contribution in [0.1, 0.15) is 0 Å². The van der Waals surface area contributed by atoms with Gasteiger partial charge in [-0.2, -0.15) is 8.42 Å². The Morgan fingerprint density at radius 3 is 2.00 bits per heavy atom. The first-order chi connectivity index (χ1) is 8.06. The van der Waals surface area contributed by atoms with E-state index in [0.717, 1.165) is 0 Å². The van der Waals surface area contributed by atoms with Crippen molar-refractivity contribution < 1.29 is 31.0 Å². The molecule has 18 heavy (non-hydrogen) atoms. The molecule has 0 unspecified atom stereocenters. The summed E-state index contributed by atoms with van der Waals surface area (Å²) in [6.07, 6.45) is 0. The minimum atomic E-state index is -4.67. The molecule has 1 aromatic rings. The van der Waals surface area contributed by atoms with Gasteiger partial charge in [0, 0.05) is 5.69 Å². The zero-order valence-corrected chi connectivity index (χ0v) is 10.7. The quantitative estimate of drug-likeness (QED) is 0.425. The fourth-order valence-corrected chi connectivity index (χ4v) is 2.02. The van der Waals surface area contributed by atoms with Crippen molar-refractivity contribution in [2.75, 3.05) is 18.1 Å². The number of sulfone groups is 1. The van der Waals surface area contributed by atoms with Gasteiger partial charge in [0.15, 0.2) is 9.84 Å². The molecule has 0 radical (unpaired) electrons. The summed E-state index contributed by atoms with van der Waals surface area (Å²) >= 11 is 0. The molecular formula is C8H13NO7S2. The third-order valence-electron chi connectivity index (χ3n) is 1.58. The first-order valence-electron chi connectivity index (χ1n) is 4.45. The van der Waals surface area contributed by atoms with Crippen LogP contribution >= 0.6 is 0 Å². The lowest BCUT2D eigenvalue weighted by Crippen LogP contribution is -2.10. The molecule has 0 aromatic heterocycles. The summed E-state index contributed by atoms with van der Waals surface area (Å²) in [4.78, 5) is 0.154. The average Bonchev–Trinajstić information content (AvgIpc) is 2.15. The molecule has 0 spiro atoms. The van der Waals surface area contributed by atoms with E-state index < -0.39 is 20.2 Å². The Bertz CT molecular complexity index is 571. The number of aliphatic hydroxyl groups is 1. The third-order valence-corrected chi connectivity index (χ3v) is 3.27. The van der Waals surface area contributed by atoms with Crippen molar-refractivity contribution in [3.8, 4) is 0 Å². The summed E-state index contributed by atoms with van der Waals surface area (Å²) in [5, 5.41) is 8.52. The molecule has 0 aliphatic heterocycles. The van der Waals surface area contributed by atoms with E-state index in [1.807, 2.05) is 0 Å². The second-order valence-electron chi connectivity index (χ2n) is 3.06. The maximum atomic E-state index is 11.4. The van der Waals surface area contributed by atoms with Gasteiger partial charge in [0.05, 0.1) is 17.3 Å². The van der Waals surface area contributed by atoms with Crippen LogP contribution in [0.15, 0.2) is 29.2 Å². The van der Waals surface area contributed by atoms with Crippen LogP contribution < -0.4 is 5.73 Å². The molecule has 10 heteroatoms. The normalized spacial score (nSPS) is 11.5. The molecule has 0 saturated carbocycles. The number of hydrogen-bond acceptors (Lipinski definition) is 6. The minimum absolute atomic E-state index is 0.154. The largest absolute Gasteiger partial charge is 0.399 e. The molecule has 0 atom stereocenters. The Morgan fingerprint density at radius 1 is 1.11 bits per heavy atom. The summed E-state index contributed by atoms with van der Waals surface area (Å²) in [7, 11) is -8.03. The molecule has 5 N–H and O–H groups in total. The summed E-state index contributed by atoms with van der Waals surface area (Å²) in [6, 6.07) is 6.02. The number of anilines is 1. The lowest BCUT2D eigenvalue weighted by Gasteiger charge is -2.02. The highest BCUT2D eigenvalue weighted by Gasteiger charge is 2.12. The van der Waals surface area contributed by atoms with Crippen molar-refractivity contribution in [2.45, 2.75) is 4.90 Å². The van der Waals surface area contributed by atoms with Gasteiger partial charge in [0.25, 0.3) is 0 Å². The molecule has 1 rings (SSSR count). The number of aliphatic hydroxyl groups excluding tert-OH is 1. The lowest BCUT2D eigenvalue weighted by molar-refractivity contribution is 0.319. The Kier molecular flexibility index (Phi) is 6.21. The first kappa shape index (κ1) is 16.8. The van der Waals surface area contributed by atoms with E-state index in [1.54, 1.807) is 12.1 Å². The lowest BCUT2D eigenvalue weighted by atomic mass is 10.3. The summed E-state index contributed by atoms with van der Waals surface area (Å²) < 4.78 is 54.3. The van der Waals surface area contributed by atoms with Crippen LogP contribution in [0.25, 0.3) is 0 Å².